The number of halogens is 1. The SMILES string of the molecule is COc1cc2c(cc1OC)[C@@]13CCN4CC5=CCOC6CC(=O)N2C1[C@@H]6[C@@H]5C[C@@H]43.COc1ccc2cc3[n+](cc2c1OC)CCc1cc2c(cc1-3)OCO2.[Cl-].c1ccc(CN(CC2=NCCN2)c2ccccc2)cc1. The first-order chi connectivity index (χ1) is 36.4. The third kappa shape index (κ3) is 8.18. The third-order valence-electron chi connectivity index (χ3n) is 17.2. The zero-order valence-electron chi connectivity index (χ0n) is 42.9. The zero-order valence-corrected chi connectivity index (χ0v) is 43.7. The topological polar surface area (TPSA) is 120 Å². The van der Waals surface area contributed by atoms with Crippen LogP contribution in [0.3, 0.4) is 0 Å². The summed E-state index contributed by atoms with van der Waals surface area (Å²) in [5.74, 6) is 6.84. The van der Waals surface area contributed by atoms with E-state index >= 15 is 0 Å². The summed E-state index contributed by atoms with van der Waals surface area (Å²) in [6, 6.07) is 36.4. The maximum Gasteiger partial charge on any atom is 0.231 e. The van der Waals surface area contributed by atoms with Crippen LogP contribution in [0.4, 0.5) is 11.4 Å². The number of aryl methyl sites for hydroxylation is 2. The molecule has 15 heteroatoms. The number of carbonyl (C=O) groups is 1. The fraction of sp³-hybridized carbons (Fsp3) is 0.383. The number of pyridine rings is 1. The van der Waals surface area contributed by atoms with Crippen molar-refractivity contribution in [2.45, 2.75) is 62.4 Å². The number of hydrogen-bond donors (Lipinski definition) is 1. The highest BCUT2D eigenvalue weighted by Crippen LogP contribution is 2.66. The summed E-state index contributed by atoms with van der Waals surface area (Å²) in [7, 11) is 6.70. The predicted octanol–water partition coefficient (Wildman–Crippen LogP) is 4.90. The standard InChI is InChI=1S/C23H26N2O4.C20H18NO4.C17H19N3.ClH/c1-27-16-8-14-15(9-17(16)28-2)25-20(26)10-18-21-13-7-19-23(14,22(21)25)4-5-24(19)11-12(13)3-6-29-18;1-22-17-4-3-12-7-16-14-9-19-18(24-11-25-19)8-13(14)5-6-21(16)10-15(12)20(17)23-2;1-3-7-15(8-4-1)13-20(14-17-18-11-12-19-17)16-9-5-2-6-10-16;/h3,8-9,13,18-19,21-22H,4-7,10-11H2,1-2H3;3-4,7-10H,5-6,11H2,1-2H3;1-10H,11-14H2,(H,18,19);1H/q;+1;;/p-1/t13-,18?,19-,21-,22?,23-;;;/m1.../s1. The van der Waals surface area contributed by atoms with Gasteiger partial charge >= 0.3 is 0 Å². The zero-order chi connectivity index (χ0) is 50.1. The van der Waals surface area contributed by atoms with E-state index in [2.05, 4.69) is 133 Å². The van der Waals surface area contributed by atoms with Gasteiger partial charge in [0.15, 0.2) is 47.2 Å². The summed E-state index contributed by atoms with van der Waals surface area (Å²) in [5, 5.41) is 5.52. The second-order valence-electron chi connectivity index (χ2n) is 20.7. The molecule has 15 rings (SSSR count). The maximum atomic E-state index is 13.5. The Bertz CT molecular complexity index is 3230. The largest absolute Gasteiger partial charge is 1.00 e. The summed E-state index contributed by atoms with van der Waals surface area (Å²) in [4.78, 5) is 25.1. The van der Waals surface area contributed by atoms with E-state index in [4.69, 9.17) is 33.2 Å². The number of hydrogen-bond acceptors (Lipinski definition) is 12. The number of aromatic nitrogens is 1. The molecule has 1 N–H and O–H groups in total. The van der Waals surface area contributed by atoms with Gasteiger partial charge in [0, 0.05) is 61.2 Å². The molecule has 2 bridgehead atoms. The second kappa shape index (κ2) is 19.9. The minimum atomic E-state index is -0.0242. The van der Waals surface area contributed by atoms with Crippen LogP contribution in [-0.4, -0.2) is 109 Å². The fourth-order valence-electron chi connectivity index (χ4n) is 14.1. The minimum Gasteiger partial charge on any atom is -1.00 e. The molecule has 9 heterocycles. The number of benzene rings is 5. The minimum absolute atomic E-state index is 0. The van der Waals surface area contributed by atoms with Crippen molar-refractivity contribution in [3.05, 3.63) is 138 Å². The summed E-state index contributed by atoms with van der Waals surface area (Å²) in [6.45, 7) is 7.60. The van der Waals surface area contributed by atoms with E-state index in [0.29, 0.717) is 43.4 Å². The van der Waals surface area contributed by atoms with Crippen LogP contribution in [-0.2, 0) is 34.5 Å². The average Bonchev–Trinajstić information content (AvgIpc) is 4.39. The summed E-state index contributed by atoms with van der Waals surface area (Å²) >= 11 is 0. The number of fused-ring (bicyclic) bond motifs is 7. The van der Waals surface area contributed by atoms with E-state index in [0.717, 1.165) is 110 Å². The number of aliphatic imine (C=N–C) groups is 1. The Hall–Kier alpha value is -7.00. The average molecular weight is 1030 g/mol. The summed E-state index contributed by atoms with van der Waals surface area (Å²) < 4.78 is 42.0. The van der Waals surface area contributed by atoms with Gasteiger partial charge in [0.1, 0.15) is 5.84 Å². The molecule has 1 aromatic heterocycles. The number of carbonyl (C=O) groups excluding carboxylic acids is 1. The molecule has 8 aliphatic heterocycles. The number of amidine groups is 1. The Labute approximate surface area is 444 Å². The molecule has 5 aromatic carbocycles. The lowest BCUT2D eigenvalue weighted by Crippen LogP contribution is -3.00. The van der Waals surface area contributed by atoms with Gasteiger partial charge in [0.25, 0.3) is 0 Å². The second-order valence-corrected chi connectivity index (χ2v) is 20.7. The Morgan fingerprint density at radius 2 is 1.64 bits per heavy atom. The molecule has 0 radical (unpaired) electrons. The normalized spacial score (nSPS) is 24.2. The van der Waals surface area contributed by atoms with Gasteiger partial charge in [-0.2, -0.15) is 4.57 Å². The summed E-state index contributed by atoms with van der Waals surface area (Å²) in [5.41, 5.74) is 10.1. The Morgan fingerprint density at radius 3 is 2.40 bits per heavy atom. The quantitative estimate of drug-likeness (QED) is 0.158. The number of anilines is 2. The van der Waals surface area contributed by atoms with Crippen molar-refractivity contribution in [2.75, 3.05) is 84.4 Å². The molecular formula is C60H63ClN6O8. The number of nitrogens with zero attached hydrogens (tertiary/aromatic N) is 5. The van der Waals surface area contributed by atoms with Crippen LogP contribution in [0.1, 0.15) is 36.0 Å². The molecule has 3 saturated heterocycles. The first kappa shape index (κ1) is 48.9. The number of para-hydroxylation sites is 1. The van der Waals surface area contributed by atoms with Crippen molar-refractivity contribution >= 4 is 33.9 Å². The highest BCUT2D eigenvalue weighted by Gasteiger charge is 2.71. The first-order valence-corrected chi connectivity index (χ1v) is 26.1. The predicted molar refractivity (Wildman–Crippen MR) is 283 cm³/mol. The van der Waals surface area contributed by atoms with Gasteiger partial charge in [0.05, 0.1) is 83.3 Å². The number of ether oxygens (including phenoxy) is 7. The van der Waals surface area contributed by atoms with Gasteiger partial charge in [-0.15, -0.1) is 0 Å². The molecule has 6 atom stereocenters. The molecule has 1 aliphatic carbocycles. The van der Waals surface area contributed by atoms with E-state index in [-0.39, 0.29) is 35.9 Å². The van der Waals surface area contributed by atoms with E-state index in [1.54, 1.807) is 34.0 Å². The van der Waals surface area contributed by atoms with Crippen LogP contribution in [0, 0.1) is 11.8 Å². The monoisotopic (exact) mass is 1030 g/mol. The summed E-state index contributed by atoms with van der Waals surface area (Å²) in [6.07, 6.45) is 8.22. The van der Waals surface area contributed by atoms with Crippen LogP contribution in [0.15, 0.2) is 126 Å². The number of amides is 1. The van der Waals surface area contributed by atoms with Crippen LogP contribution < -0.4 is 60.5 Å². The molecule has 2 unspecified atom stereocenters. The molecule has 388 valence electrons. The van der Waals surface area contributed by atoms with E-state index < -0.39 is 0 Å². The van der Waals surface area contributed by atoms with Gasteiger partial charge < -0.3 is 60.7 Å². The molecule has 4 fully saturated rings. The van der Waals surface area contributed by atoms with Gasteiger partial charge in [-0.25, -0.2) is 0 Å². The van der Waals surface area contributed by atoms with Gasteiger partial charge in [-0.1, -0.05) is 60.2 Å². The molecule has 1 saturated carbocycles. The van der Waals surface area contributed by atoms with Crippen molar-refractivity contribution in [1.29, 1.82) is 0 Å². The first-order valence-electron chi connectivity index (χ1n) is 26.1. The van der Waals surface area contributed by atoms with Gasteiger partial charge in [-0.3, -0.25) is 14.7 Å². The van der Waals surface area contributed by atoms with Crippen LogP contribution in [0.25, 0.3) is 22.0 Å². The van der Waals surface area contributed by atoms with Crippen molar-refractivity contribution in [3.8, 4) is 45.8 Å². The molecule has 1 spiro atoms. The lowest BCUT2D eigenvalue weighted by Gasteiger charge is -2.58. The van der Waals surface area contributed by atoms with Crippen molar-refractivity contribution in [2.24, 2.45) is 16.8 Å². The van der Waals surface area contributed by atoms with Gasteiger partial charge in [0.2, 0.25) is 18.4 Å². The highest BCUT2D eigenvalue weighted by atomic mass is 35.5. The highest BCUT2D eigenvalue weighted by molar-refractivity contribution is 6.00. The molecule has 9 aliphatic rings. The van der Waals surface area contributed by atoms with E-state index in [1.807, 2.05) is 12.1 Å². The van der Waals surface area contributed by atoms with Crippen molar-refractivity contribution in [3.63, 3.8) is 0 Å². The molecular weight excluding hydrogens is 968 g/mol. The fourth-order valence-corrected chi connectivity index (χ4v) is 14.1. The van der Waals surface area contributed by atoms with Crippen LogP contribution in [0.5, 0.6) is 34.5 Å². The van der Waals surface area contributed by atoms with Crippen LogP contribution >= 0.6 is 0 Å². The maximum absolute atomic E-state index is 13.5. The molecule has 1 amide bonds. The van der Waals surface area contributed by atoms with Crippen LogP contribution in [0.2, 0.25) is 0 Å². The van der Waals surface area contributed by atoms with E-state index in [9.17, 15) is 4.79 Å². The molecule has 14 nitrogen and oxygen atoms in total. The smallest absolute Gasteiger partial charge is 0.231 e. The van der Waals surface area contributed by atoms with Crippen molar-refractivity contribution in [1.82, 2.24) is 10.2 Å². The Kier molecular flexibility index (Phi) is 13.0. The molecule has 6 aromatic rings. The Morgan fingerprint density at radius 1 is 0.867 bits per heavy atom. The van der Waals surface area contributed by atoms with E-state index in [1.165, 1.54) is 40.1 Å². The molecule has 75 heavy (non-hydrogen) atoms. The number of methoxy groups -OCH3 is 4. The van der Waals surface area contributed by atoms with Crippen molar-refractivity contribution < 1.29 is 54.9 Å². The Balaban J connectivity index is 0.000000115. The third-order valence-corrected chi connectivity index (χ3v) is 17.2. The number of rotatable bonds is 9. The lowest BCUT2D eigenvalue weighted by atomic mass is 9.53. The lowest BCUT2D eigenvalue weighted by molar-refractivity contribution is -0.686. The van der Waals surface area contributed by atoms with Gasteiger partial charge in [-0.05, 0) is 89.8 Å². The number of nitrogens with one attached hydrogen (secondary N) is 1. The number of piperidine rings is 2.